The molecule has 0 bridgehead atoms. The minimum absolute atomic E-state index is 0.0784. The third-order valence-electron chi connectivity index (χ3n) is 4.26. The fraction of sp³-hybridized carbons (Fsp3) is 0.588. The Morgan fingerprint density at radius 1 is 1.40 bits per heavy atom. The Morgan fingerprint density at radius 3 is 2.85 bits per heavy atom. The zero-order chi connectivity index (χ0) is 14.7. The minimum atomic E-state index is 0.0784. The SMILES string of the molecule is Cc1ccc(C)c([C@@H](C)NC(=O)[C@H]2CCCN(C)C2)c1. The molecule has 0 radical (unpaired) electrons. The molecule has 0 aromatic heterocycles. The van der Waals surface area contributed by atoms with Gasteiger partial charge in [-0.15, -0.1) is 0 Å². The van der Waals surface area contributed by atoms with Crippen molar-refractivity contribution in [3.05, 3.63) is 34.9 Å². The summed E-state index contributed by atoms with van der Waals surface area (Å²) in [4.78, 5) is 14.6. The van der Waals surface area contributed by atoms with Crippen LogP contribution in [0.2, 0.25) is 0 Å². The maximum absolute atomic E-state index is 12.4. The lowest BCUT2D eigenvalue weighted by Gasteiger charge is -2.30. The van der Waals surface area contributed by atoms with Gasteiger partial charge in [-0.25, -0.2) is 0 Å². The summed E-state index contributed by atoms with van der Waals surface area (Å²) in [6, 6.07) is 6.49. The maximum atomic E-state index is 12.4. The maximum Gasteiger partial charge on any atom is 0.224 e. The Labute approximate surface area is 122 Å². The first-order chi connectivity index (χ1) is 9.47. The lowest BCUT2D eigenvalue weighted by atomic mass is 9.95. The molecule has 20 heavy (non-hydrogen) atoms. The predicted molar refractivity (Wildman–Crippen MR) is 82.7 cm³/mol. The molecule has 2 rings (SSSR count). The molecule has 3 heteroatoms. The van der Waals surface area contributed by atoms with Crippen LogP contribution in [-0.4, -0.2) is 30.9 Å². The summed E-state index contributed by atoms with van der Waals surface area (Å²) in [5, 5.41) is 3.19. The number of aryl methyl sites for hydroxylation is 2. The summed E-state index contributed by atoms with van der Waals surface area (Å²) < 4.78 is 0. The van der Waals surface area contributed by atoms with E-state index in [1.165, 1.54) is 16.7 Å². The van der Waals surface area contributed by atoms with Crippen molar-refractivity contribution in [1.29, 1.82) is 0 Å². The molecule has 1 heterocycles. The van der Waals surface area contributed by atoms with Crippen LogP contribution in [0.1, 0.15) is 42.5 Å². The normalized spacial score (nSPS) is 21.5. The number of rotatable bonds is 3. The van der Waals surface area contributed by atoms with Crippen molar-refractivity contribution in [2.75, 3.05) is 20.1 Å². The average Bonchev–Trinajstić information content (AvgIpc) is 2.41. The van der Waals surface area contributed by atoms with Crippen LogP contribution in [0.3, 0.4) is 0 Å². The molecule has 0 spiro atoms. The molecule has 1 aromatic carbocycles. The number of hydrogen-bond donors (Lipinski definition) is 1. The Morgan fingerprint density at radius 2 is 2.15 bits per heavy atom. The topological polar surface area (TPSA) is 32.3 Å². The van der Waals surface area contributed by atoms with Crippen molar-refractivity contribution < 1.29 is 4.79 Å². The first kappa shape index (κ1) is 15.0. The lowest BCUT2D eigenvalue weighted by Crippen LogP contribution is -2.42. The molecule has 110 valence electrons. The fourth-order valence-electron chi connectivity index (χ4n) is 3.02. The summed E-state index contributed by atoms with van der Waals surface area (Å²) in [6.45, 7) is 8.26. The van der Waals surface area contributed by atoms with Gasteiger partial charge in [0.05, 0.1) is 12.0 Å². The molecular weight excluding hydrogens is 248 g/mol. The first-order valence-electron chi connectivity index (χ1n) is 7.53. The molecule has 1 aliphatic heterocycles. The van der Waals surface area contributed by atoms with Crippen molar-refractivity contribution in [2.45, 2.75) is 39.7 Å². The lowest BCUT2D eigenvalue weighted by molar-refractivity contribution is -0.127. The monoisotopic (exact) mass is 274 g/mol. The van der Waals surface area contributed by atoms with Crippen molar-refractivity contribution in [3.63, 3.8) is 0 Å². The highest BCUT2D eigenvalue weighted by Gasteiger charge is 2.25. The van der Waals surface area contributed by atoms with Gasteiger partial charge in [0.1, 0.15) is 0 Å². The second-order valence-electron chi connectivity index (χ2n) is 6.19. The molecule has 0 unspecified atom stereocenters. The fourth-order valence-corrected chi connectivity index (χ4v) is 3.02. The number of carbonyl (C=O) groups excluding carboxylic acids is 1. The molecule has 0 aliphatic carbocycles. The number of benzene rings is 1. The minimum Gasteiger partial charge on any atom is -0.349 e. The number of hydrogen-bond acceptors (Lipinski definition) is 2. The van der Waals surface area contributed by atoms with Gasteiger partial charge < -0.3 is 10.2 Å². The number of nitrogens with zero attached hydrogens (tertiary/aromatic N) is 1. The molecule has 3 nitrogen and oxygen atoms in total. The highest BCUT2D eigenvalue weighted by atomic mass is 16.2. The standard InChI is InChI=1S/C17H26N2O/c1-12-7-8-13(2)16(10-12)14(3)18-17(20)15-6-5-9-19(4)11-15/h7-8,10,14-15H,5-6,9,11H2,1-4H3,(H,18,20)/t14-,15+/m1/s1. The number of likely N-dealkylation sites (tertiary alicyclic amines) is 1. The van der Waals surface area contributed by atoms with E-state index in [4.69, 9.17) is 0 Å². The second kappa shape index (κ2) is 6.40. The molecule has 1 aliphatic rings. The number of carbonyl (C=O) groups is 1. The number of amides is 1. The van der Waals surface area contributed by atoms with Gasteiger partial charge >= 0.3 is 0 Å². The van der Waals surface area contributed by atoms with E-state index in [-0.39, 0.29) is 17.9 Å². The summed E-state index contributed by atoms with van der Waals surface area (Å²) >= 11 is 0. The smallest absolute Gasteiger partial charge is 0.224 e. The molecule has 1 aromatic rings. The van der Waals surface area contributed by atoms with E-state index in [2.05, 4.69) is 56.2 Å². The van der Waals surface area contributed by atoms with E-state index in [0.29, 0.717) is 0 Å². The Bertz CT molecular complexity index is 484. The van der Waals surface area contributed by atoms with Gasteiger partial charge in [0.25, 0.3) is 0 Å². The molecule has 1 fully saturated rings. The summed E-state index contributed by atoms with van der Waals surface area (Å²) in [5.74, 6) is 0.339. The van der Waals surface area contributed by atoms with Crippen LogP contribution in [0.15, 0.2) is 18.2 Å². The van der Waals surface area contributed by atoms with Crippen LogP contribution >= 0.6 is 0 Å². The highest BCUT2D eigenvalue weighted by Crippen LogP contribution is 2.21. The van der Waals surface area contributed by atoms with Crippen LogP contribution in [-0.2, 0) is 4.79 Å². The van der Waals surface area contributed by atoms with Gasteiger partial charge in [-0.05, 0) is 58.3 Å². The zero-order valence-corrected chi connectivity index (χ0v) is 13.1. The predicted octanol–water partition coefficient (Wildman–Crippen LogP) is 2.82. The van der Waals surface area contributed by atoms with Crippen LogP contribution < -0.4 is 5.32 Å². The quantitative estimate of drug-likeness (QED) is 0.919. The Hall–Kier alpha value is -1.35. The third kappa shape index (κ3) is 3.60. The summed E-state index contributed by atoms with van der Waals surface area (Å²) in [7, 11) is 2.09. The second-order valence-corrected chi connectivity index (χ2v) is 6.19. The van der Waals surface area contributed by atoms with E-state index in [1.807, 2.05) is 0 Å². The van der Waals surface area contributed by atoms with Crippen LogP contribution in [0.25, 0.3) is 0 Å². The van der Waals surface area contributed by atoms with Crippen molar-refractivity contribution in [1.82, 2.24) is 10.2 Å². The van der Waals surface area contributed by atoms with Gasteiger partial charge in [-0.3, -0.25) is 4.79 Å². The van der Waals surface area contributed by atoms with Crippen molar-refractivity contribution in [2.24, 2.45) is 5.92 Å². The Balaban J connectivity index is 2.01. The largest absolute Gasteiger partial charge is 0.349 e. The van der Waals surface area contributed by atoms with Gasteiger partial charge in [0, 0.05) is 6.54 Å². The van der Waals surface area contributed by atoms with Gasteiger partial charge in [0.15, 0.2) is 0 Å². The van der Waals surface area contributed by atoms with E-state index in [0.717, 1.165) is 25.9 Å². The van der Waals surface area contributed by atoms with Crippen LogP contribution in [0.5, 0.6) is 0 Å². The Kier molecular flexibility index (Phi) is 4.81. The summed E-state index contributed by atoms with van der Waals surface area (Å²) in [6.07, 6.45) is 2.13. The van der Waals surface area contributed by atoms with Gasteiger partial charge in [-0.2, -0.15) is 0 Å². The van der Waals surface area contributed by atoms with E-state index in [9.17, 15) is 4.79 Å². The zero-order valence-electron chi connectivity index (χ0n) is 13.1. The summed E-state index contributed by atoms with van der Waals surface area (Å²) in [5.41, 5.74) is 3.70. The molecule has 1 N–H and O–H groups in total. The van der Waals surface area contributed by atoms with Crippen LogP contribution in [0, 0.1) is 19.8 Å². The number of nitrogens with one attached hydrogen (secondary N) is 1. The van der Waals surface area contributed by atoms with Crippen molar-refractivity contribution >= 4 is 5.91 Å². The van der Waals surface area contributed by atoms with Gasteiger partial charge in [-0.1, -0.05) is 23.8 Å². The first-order valence-corrected chi connectivity index (χ1v) is 7.53. The molecule has 1 amide bonds. The van der Waals surface area contributed by atoms with Crippen molar-refractivity contribution in [3.8, 4) is 0 Å². The van der Waals surface area contributed by atoms with Gasteiger partial charge in [0.2, 0.25) is 5.91 Å². The molecule has 1 saturated heterocycles. The molecular formula is C17H26N2O. The van der Waals surface area contributed by atoms with E-state index < -0.39 is 0 Å². The average molecular weight is 274 g/mol. The molecule has 2 atom stereocenters. The van der Waals surface area contributed by atoms with E-state index in [1.54, 1.807) is 0 Å². The highest BCUT2D eigenvalue weighted by molar-refractivity contribution is 5.79. The molecule has 0 saturated carbocycles. The van der Waals surface area contributed by atoms with E-state index >= 15 is 0 Å². The number of piperidine rings is 1. The third-order valence-corrected chi connectivity index (χ3v) is 4.26. The van der Waals surface area contributed by atoms with Crippen LogP contribution in [0.4, 0.5) is 0 Å².